The van der Waals surface area contributed by atoms with Crippen LogP contribution >= 0.6 is 0 Å². The third-order valence-electron chi connectivity index (χ3n) is 4.15. The van der Waals surface area contributed by atoms with E-state index in [1.807, 2.05) is 0 Å². The molecule has 0 aromatic heterocycles. The summed E-state index contributed by atoms with van der Waals surface area (Å²) in [5.74, 6) is 0.623. The number of benzene rings is 1. The molecular weight excluding hydrogens is 227 g/mol. The Kier molecular flexibility index (Phi) is 2.12. The van der Waals surface area contributed by atoms with Crippen LogP contribution in [0.15, 0.2) is 18.2 Å². The highest BCUT2D eigenvalue weighted by Gasteiger charge is 2.58. The summed E-state index contributed by atoms with van der Waals surface area (Å²) >= 11 is 0. The minimum atomic E-state index is -4.24. The van der Waals surface area contributed by atoms with Crippen molar-refractivity contribution in [2.45, 2.75) is 24.9 Å². The third kappa shape index (κ3) is 1.58. The molecule has 3 rings (SSSR count). The average Bonchev–Trinajstić information content (AvgIpc) is 2.80. The molecule has 0 radical (unpaired) electrons. The number of halogens is 3. The molecule has 1 aromatic carbocycles. The first kappa shape index (κ1) is 11.1. The van der Waals surface area contributed by atoms with Gasteiger partial charge < -0.3 is 5.32 Å². The van der Waals surface area contributed by atoms with E-state index in [4.69, 9.17) is 0 Å². The molecular formula is C13H14F3N. The molecule has 2 aliphatic rings. The first-order chi connectivity index (χ1) is 7.93. The molecule has 1 saturated carbocycles. The van der Waals surface area contributed by atoms with E-state index in [1.165, 1.54) is 12.1 Å². The molecule has 0 bridgehead atoms. The van der Waals surface area contributed by atoms with Crippen LogP contribution in [0.4, 0.5) is 13.2 Å². The number of hydrogen-bond acceptors (Lipinski definition) is 1. The van der Waals surface area contributed by atoms with Crippen LogP contribution in [0.2, 0.25) is 0 Å². The van der Waals surface area contributed by atoms with Gasteiger partial charge in [0, 0.05) is 12.0 Å². The maximum atomic E-state index is 12.6. The number of rotatable bonds is 1. The zero-order valence-corrected chi connectivity index (χ0v) is 9.56. The van der Waals surface area contributed by atoms with Crippen molar-refractivity contribution in [1.29, 1.82) is 0 Å². The Morgan fingerprint density at radius 1 is 1.35 bits per heavy atom. The molecule has 1 heterocycles. The Balaban J connectivity index is 1.98. The largest absolute Gasteiger partial charge is 0.416 e. The summed E-state index contributed by atoms with van der Waals surface area (Å²) in [6.45, 7) is 3.69. The van der Waals surface area contributed by atoms with Crippen LogP contribution in [0, 0.1) is 12.8 Å². The summed E-state index contributed by atoms with van der Waals surface area (Å²) in [4.78, 5) is 0. The smallest absolute Gasteiger partial charge is 0.316 e. The predicted octanol–water partition coefficient (Wildman–Crippen LogP) is 2.87. The molecule has 17 heavy (non-hydrogen) atoms. The van der Waals surface area contributed by atoms with Crippen LogP contribution in [-0.2, 0) is 11.6 Å². The van der Waals surface area contributed by atoms with Crippen LogP contribution in [0.25, 0.3) is 0 Å². The minimum Gasteiger partial charge on any atom is -0.316 e. The maximum Gasteiger partial charge on any atom is 0.416 e. The first-order valence-corrected chi connectivity index (χ1v) is 5.82. The van der Waals surface area contributed by atoms with Crippen molar-refractivity contribution in [1.82, 2.24) is 5.32 Å². The lowest BCUT2D eigenvalue weighted by atomic mass is 9.90. The van der Waals surface area contributed by atoms with Gasteiger partial charge >= 0.3 is 6.18 Å². The molecule has 1 saturated heterocycles. The second-order valence-electron chi connectivity index (χ2n) is 5.22. The summed E-state index contributed by atoms with van der Waals surface area (Å²) in [7, 11) is 0. The van der Waals surface area contributed by atoms with Gasteiger partial charge in [-0.2, -0.15) is 13.2 Å². The Bertz CT molecular complexity index is 466. The van der Waals surface area contributed by atoms with Gasteiger partial charge in [0.05, 0.1) is 5.56 Å². The van der Waals surface area contributed by atoms with Gasteiger partial charge in [-0.3, -0.25) is 0 Å². The van der Waals surface area contributed by atoms with Gasteiger partial charge in [0.25, 0.3) is 0 Å². The van der Waals surface area contributed by atoms with Crippen LogP contribution in [0.1, 0.15) is 23.1 Å². The van der Waals surface area contributed by atoms with Crippen molar-refractivity contribution >= 4 is 0 Å². The standard InChI is InChI=1S/C13H14F3N/c1-8-4-9(13(14,15)16)2-3-11(8)12-5-10(12)6-17-7-12/h2-4,10,17H,5-7H2,1H3. The number of fused-ring (bicyclic) bond motifs is 1. The number of aryl methyl sites for hydroxylation is 1. The summed E-state index contributed by atoms with van der Waals surface area (Å²) in [6, 6.07) is 4.16. The second kappa shape index (κ2) is 3.25. The van der Waals surface area contributed by atoms with Crippen LogP contribution in [0.3, 0.4) is 0 Å². The molecule has 2 fully saturated rings. The van der Waals surface area contributed by atoms with E-state index in [1.54, 1.807) is 13.0 Å². The lowest BCUT2D eigenvalue weighted by Crippen LogP contribution is -2.20. The monoisotopic (exact) mass is 241 g/mol. The fourth-order valence-corrected chi connectivity index (χ4v) is 3.16. The molecule has 0 amide bonds. The summed E-state index contributed by atoms with van der Waals surface area (Å²) < 4.78 is 37.7. The Hall–Kier alpha value is -1.03. The fraction of sp³-hybridized carbons (Fsp3) is 0.538. The third-order valence-corrected chi connectivity index (χ3v) is 4.15. The molecule has 1 aromatic rings. The Morgan fingerprint density at radius 3 is 2.59 bits per heavy atom. The summed E-state index contributed by atoms with van der Waals surface area (Å²) in [5.41, 5.74) is 1.46. The molecule has 2 atom stereocenters. The van der Waals surface area contributed by atoms with Gasteiger partial charge in [-0.05, 0) is 49.1 Å². The molecule has 0 spiro atoms. The van der Waals surface area contributed by atoms with E-state index in [0.717, 1.165) is 30.6 Å². The van der Waals surface area contributed by atoms with Crippen molar-refractivity contribution in [3.8, 4) is 0 Å². The van der Waals surface area contributed by atoms with Gasteiger partial charge in [-0.25, -0.2) is 0 Å². The summed E-state index contributed by atoms with van der Waals surface area (Å²) in [5, 5.41) is 3.31. The molecule has 1 aliphatic heterocycles. The van der Waals surface area contributed by atoms with Gasteiger partial charge in [0.15, 0.2) is 0 Å². The van der Waals surface area contributed by atoms with Gasteiger partial charge in [-0.15, -0.1) is 0 Å². The average molecular weight is 241 g/mol. The van der Waals surface area contributed by atoms with Crippen molar-refractivity contribution in [3.05, 3.63) is 34.9 Å². The van der Waals surface area contributed by atoms with Crippen LogP contribution in [0.5, 0.6) is 0 Å². The highest BCUT2D eigenvalue weighted by Crippen LogP contribution is 2.57. The van der Waals surface area contributed by atoms with E-state index in [9.17, 15) is 13.2 Å². The lowest BCUT2D eigenvalue weighted by Gasteiger charge is -2.17. The predicted molar refractivity (Wildman–Crippen MR) is 58.8 cm³/mol. The zero-order valence-electron chi connectivity index (χ0n) is 9.56. The molecule has 1 N–H and O–H groups in total. The van der Waals surface area contributed by atoms with Crippen molar-refractivity contribution in [3.63, 3.8) is 0 Å². The van der Waals surface area contributed by atoms with Gasteiger partial charge in [-0.1, -0.05) is 6.07 Å². The number of hydrogen-bond donors (Lipinski definition) is 1. The normalized spacial score (nSPS) is 31.4. The molecule has 1 nitrogen and oxygen atoms in total. The van der Waals surface area contributed by atoms with E-state index in [-0.39, 0.29) is 5.41 Å². The molecule has 1 aliphatic carbocycles. The van der Waals surface area contributed by atoms with Gasteiger partial charge in [0.1, 0.15) is 0 Å². The van der Waals surface area contributed by atoms with Crippen LogP contribution < -0.4 is 5.32 Å². The lowest BCUT2D eigenvalue weighted by molar-refractivity contribution is -0.137. The SMILES string of the molecule is Cc1cc(C(F)(F)F)ccc1C12CNCC1C2. The molecule has 4 heteroatoms. The topological polar surface area (TPSA) is 12.0 Å². The maximum absolute atomic E-state index is 12.6. The second-order valence-corrected chi connectivity index (χ2v) is 5.22. The van der Waals surface area contributed by atoms with E-state index in [0.29, 0.717) is 5.92 Å². The highest BCUT2D eigenvalue weighted by molar-refractivity contribution is 5.44. The highest BCUT2D eigenvalue weighted by atomic mass is 19.4. The summed E-state index contributed by atoms with van der Waals surface area (Å²) in [6.07, 6.45) is -3.12. The number of alkyl halides is 3. The zero-order chi connectivity index (χ0) is 12.3. The van der Waals surface area contributed by atoms with E-state index < -0.39 is 11.7 Å². The molecule has 92 valence electrons. The van der Waals surface area contributed by atoms with Crippen LogP contribution in [-0.4, -0.2) is 13.1 Å². The van der Waals surface area contributed by atoms with Crippen molar-refractivity contribution < 1.29 is 13.2 Å². The quantitative estimate of drug-likeness (QED) is 0.797. The van der Waals surface area contributed by atoms with E-state index in [2.05, 4.69) is 5.32 Å². The van der Waals surface area contributed by atoms with Crippen molar-refractivity contribution in [2.24, 2.45) is 5.92 Å². The van der Waals surface area contributed by atoms with Gasteiger partial charge in [0.2, 0.25) is 0 Å². The first-order valence-electron chi connectivity index (χ1n) is 5.82. The Morgan fingerprint density at radius 2 is 2.12 bits per heavy atom. The van der Waals surface area contributed by atoms with E-state index >= 15 is 0 Å². The fourth-order valence-electron chi connectivity index (χ4n) is 3.16. The number of piperidine rings is 1. The number of nitrogens with one attached hydrogen (secondary N) is 1. The Labute approximate surface area is 98.0 Å². The van der Waals surface area contributed by atoms with Crippen molar-refractivity contribution in [2.75, 3.05) is 13.1 Å². The minimum absolute atomic E-state index is 0.133. The molecule has 2 unspecified atom stereocenters.